The molecule has 7 atom stereocenters. The van der Waals surface area contributed by atoms with Crippen molar-refractivity contribution in [3.05, 3.63) is 48.0 Å². The Morgan fingerprint density at radius 1 is 1.31 bits per heavy atom. The van der Waals surface area contributed by atoms with Crippen molar-refractivity contribution in [1.29, 1.82) is 0 Å². The van der Waals surface area contributed by atoms with Gasteiger partial charge in [-0.05, 0) is 37.8 Å². The van der Waals surface area contributed by atoms with E-state index in [4.69, 9.17) is 23.7 Å². The quantitative estimate of drug-likeness (QED) is 0.625. The Labute approximate surface area is 187 Å². The van der Waals surface area contributed by atoms with Crippen LogP contribution >= 0.6 is 0 Å². The lowest BCUT2D eigenvalue weighted by atomic mass is 9.92. The molecule has 0 N–H and O–H groups in total. The third kappa shape index (κ3) is 3.46. The summed E-state index contributed by atoms with van der Waals surface area (Å²) in [5, 5.41) is 0. The minimum absolute atomic E-state index is 0.279. The molecule has 3 fully saturated rings. The van der Waals surface area contributed by atoms with Crippen molar-refractivity contribution in [2.45, 2.75) is 75.6 Å². The van der Waals surface area contributed by atoms with Crippen LogP contribution in [-0.4, -0.2) is 60.5 Å². The minimum atomic E-state index is -0.758. The summed E-state index contributed by atoms with van der Waals surface area (Å²) in [7, 11) is 1.56. The SMILES string of the molecule is C=CC[C@H](C[C@H]1O[C@@H](OC)[C@@H]2OC(C)(C)O[C@@H]21)C(=O)N1C(=O)O[C@@H]2Cc3ccccc3[C@@H]21. The highest BCUT2D eigenvalue weighted by molar-refractivity contribution is 5.95. The number of methoxy groups -OCH3 is 1. The van der Waals surface area contributed by atoms with Gasteiger partial charge in [0.25, 0.3) is 0 Å². The van der Waals surface area contributed by atoms with Crippen LogP contribution in [0.5, 0.6) is 0 Å². The molecule has 1 aromatic rings. The molecule has 0 spiro atoms. The average Bonchev–Trinajstić information content (AvgIpc) is 3.44. The number of allylic oxidation sites excluding steroid dienone is 1. The summed E-state index contributed by atoms with van der Waals surface area (Å²) < 4.78 is 29.1. The first-order chi connectivity index (χ1) is 15.3. The van der Waals surface area contributed by atoms with Crippen LogP contribution in [0.15, 0.2) is 36.9 Å². The maximum absolute atomic E-state index is 13.7. The molecule has 3 saturated heterocycles. The molecule has 2 amide bonds. The smallest absolute Gasteiger partial charge is 0.417 e. The van der Waals surface area contributed by atoms with Gasteiger partial charge in [-0.15, -0.1) is 6.58 Å². The van der Waals surface area contributed by atoms with Crippen LogP contribution in [0, 0.1) is 5.92 Å². The summed E-state index contributed by atoms with van der Waals surface area (Å²) in [5.74, 6) is -1.55. The van der Waals surface area contributed by atoms with Crippen molar-refractivity contribution in [2.75, 3.05) is 7.11 Å². The van der Waals surface area contributed by atoms with Crippen LogP contribution in [0.1, 0.15) is 43.9 Å². The summed E-state index contributed by atoms with van der Waals surface area (Å²) in [6.45, 7) is 7.51. The van der Waals surface area contributed by atoms with Gasteiger partial charge in [-0.2, -0.15) is 0 Å². The van der Waals surface area contributed by atoms with E-state index < -0.39 is 36.2 Å². The number of carbonyl (C=O) groups is 2. The molecular formula is C24H29NO7. The van der Waals surface area contributed by atoms with Gasteiger partial charge in [0.05, 0.1) is 6.10 Å². The predicted octanol–water partition coefficient (Wildman–Crippen LogP) is 3.11. The van der Waals surface area contributed by atoms with Gasteiger partial charge in [-0.3, -0.25) is 4.79 Å². The van der Waals surface area contributed by atoms with E-state index in [9.17, 15) is 9.59 Å². The number of hydrogen-bond donors (Lipinski definition) is 0. The lowest BCUT2D eigenvalue weighted by Crippen LogP contribution is -2.41. The zero-order chi connectivity index (χ0) is 22.6. The van der Waals surface area contributed by atoms with Gasteiger partial charge in [0.2, 0.25) is 5.91 Å². The Morgan fingerprint density at radius 2 is 2.06 bits per heavy atom. The highest BCUT2D eigenvalue weighted by Crippen LogP contribution is 2.45. The number of rotatable bonds is 6. The number of hydrogen-bond acceptors (Lipinski definition) is 7. The van der Waals surface area contributed by atoms with Gasteiger partial charge >= 0.3 is 6.09 Å². The molecule has 0 bridgehead atoms. The first kappa shape index (κ1) is 21.6. The first-order valence-electron chi connectivity index (χ1n) is 11.1. The predicted molar refractivity (Wildman–Crippen MR) is 112 cm³/mol. The monoisotopic (exact) mass is 443 g/mol. The van der Waals surface area contributed by atoms with E-state index in [2.05, 4.69) is 6.58 Å². The maximum atomic E-state index is 13.7. The van der Waals surface area contributed by atoms with Crippen molar-refractivity contribution < 1.29 is 33.3 Å². The fourth-order valence-corrected chi connectivity index (χ4v) is 5.47. The lowest BCUT2D eigenvalue weighted by Gasteiger charge is -2.28. The number of amides is 2. The Morgan fingerprint density at radius 3 is 2.81 bits per heavy atom. The van der Waals surface area contributed by atoms with E-state index in [0.29, 0.717) is 19.3 Å². The van der Waals surface area contributed by atoms with Gasteiger partial charge in [0.15, 0.2) is 12.1 Å². The Kier molecular flexibility index (Phi) is 5.36. The van der Waals surface area contributed by atoms with Crippen LogP contribution in [0.3, 0.4) is 0 Å². The highest BCUT2D eigenvalue weighted by Gasteiger charge is 2.57. The number of ether oxygens (including phenoxy) is 5. The molecule has 172 valence electrons. The van der Waals surface area contributed by atoms with E-state index in [1.54, 1.807) is 13.2 Å². The normalized spacial score (nSPS) is 35.2. The Balaban J connectivity index is 1.38. The van der Waals surface area contributed by atoms with Crippen LogP contribution in [0.25, 0.3) is 0 Å². The highest BCUT2D eigenvalue weighted by atomic mass is 16.8. The number of imide groups is 1. The Hall–Kier alpha value is -2.26. The van der Waals surface area contributed by atoms with E-state index >= 15 is 0 Å². The molecule has 1 aliphatic carbocycles. The van der Waals surface area contributed by atoms with Gasteiger partial charge < -0.3 is 23.7 Å². The molecule has 8 nitrogen and oxygen atoms in total. The summed E-state index contributed by atoms with van der Waals surface area (Å²) in [5.41, 5.74) is 2.08. The molecule has 32 heavy (non-hydrogen) atoms. The van der Waals surface area contributed by atoms with Crippen molar-refractivity contribution in [1.82, 2.24) is 4.90 Å². The average molecular weight is 443 g/mol. The molecule has 0 saturated carbocycles. The molecule has 1 aromatic carbocycles. The topological polar surface area (TPSA) is 83.5 Å². The summed E-state index contributed by atoms with van der Waals surface area (Å²) >= 11 is 0. The fraction of sp³-hybridized carbons (Fsp3) is 0.583. The molecule has 3 aliphatic heterocycles. The van der Waals surface area contributed by atoms with Crippen molar-refractivity contribution >= 4 is 12.0 Å². The first-order valence-corrected chi connectivity index (χ1v) is 11.1. The maximum Gasteiger partial charge on any atom is 0.417 e. The van der Waals surface area contributed by atoms with E-state index in [1.807, 2.05) is 38.1 Å². The third-order valence-electron chi connectivity index (χ3n) is 6.77. The summed E-state index contributed by atoms with van der Waals surface area (Å²) in [6.07, 6.45) is 0.423. The number of carbonyl (C=O) groups excluding carboxylic acids is 2. The van der Waals surface area contributed by atoms with E-state index in [-0.39, 0.29) is 24.2 Å². The standard InChI is InChI=1S/C24H29NO7/c1-5-8-14(12-17-19-20(22(28-4)29-17)32-24(2,3)31-19)21(26)25-18-15-10-7-6-9-13(15)11-16(18)30-23(25)27/h5-7,9-10,14,16-20,22H,1,8,11-12H2,2-4H3/t14-,16-,17-,18+,19-,20-,22-/m1/s1. The van der Waals surface area contributed by atoms with Crippen molar-refractivity contribution in [2.24, 2.45) is 5.92 Å². The van der Waals surface area contributed by atoms with Gasteiger partial charge in [0, 0.05) is 19.4 Å². The third-order valence-corrected chi connectivity index (χ3v) is 6.77. The second kappa shape index (κ2) is 7.95. The van der Waals surface area contributed by atoms with Crippen LogP contribution < -0.4 is 0 Å². The second-order valence-corrected chi connectivity index (χ2v) is 9.28. The molecule has 0 unspecified atom stereocenters. The van der Waals surface area contributed by atoms with Gasteiger partial charge in [0.1, 0.15) is 24.4 Å². The van der Waals surface area contributed by atoms with E-state index in [1.165, 1.54) is 4.90 Å². The van der Waals surface area contributed by atoms with Crippen molar-refractivity contribution in [3.8, 4) is 0 Å². The Bertz CT molecular complexity index is 931. The van der Waals surface area contributed by atoms with Gasteiger partial charge in [-0.1, -0.05) is 30.3 Å². The fourth-order valence-electron chi connectivity index (χ4n) is 5.47. The van der Waals surface area contributed by atoms with Crippen LogP contribution in [0.2, 0.25) is 0 Å². The van der Waals surface area contributed by atoms with Crippen LogP contribution in [-0.2, 0) is 34.9 Å². The van der Waals surface area contributed by atoms with Crippen LogP contribution in [0.4, 0.5) is 4.79 Å². The zero-order valence-corrected chi connectivity index (χ0v) is 18.6. The molecule has 8 heteroatoms. The molecule has 4 aliphatic rings. The van der Waals surface area contributed by atoms with E-state index in [0.717, 1.165) is 11.1 Å². The molecule has 0 aromatic heterocycles. The molecular weight excluding hydrogens is 414 g/mol. The number of benzene rings is 1. The summed E-state index contributed by atoms with van der Waals surface area (Å²) in [4.78, 5) is 27.7. The van der Waals surface area contributed by atoms with Crippen molar-refractivity contribution in [3.63, 3.8) is 0 Å². The number of nitrogens with zero attached hydrogens (tertiary/aromatic N) is 1. The molecule has 0 radical (unpaired) electrons. The number of fused-ring (bicyclic) bond motifs is 4. The minimum Gasteiger partial charge on any atom is -0.443 e. The largest absolute Gasteiger partial charge is 0.443 e. The molecule has 3 heterocycles. The lowest BCUT2D eigenvalue weighted by molar-refractivity contribution is -0.228. The zero-order valence-electron chi connectivity index (χ0n) is 18.6. The van der Waals surface area contributed by atoms with Gasteiger partial charge in [-0.25, -0.2) is 9.69 Å². The molecule has 5 rings (SSSR count). The second-order valence-electron chi connectivity index (χ2n) is 9.28. The summed E-state index contributed by atoms with van der Waals surface area (Å²) in [6, 6.07) is 7.46.